The highest BCUT2D eigenvalue weighted by molar-refractivity contribution is 5.96. The lowest BCUT2D eigenvalue weighted by molar-refractivity contribution is 0.0527. The number of urea groups is 1. The second kappa shape index (κ2) is 9.78. The molecule has 0 aromatic heterocycles. The zero-order valence-corrected chi connectivity index (χ0v) is 16.2. The topological polar surface area (TPSA) is 79.5 Å². The van der Waals surface area contributed by atoms with Gasteiger partial charge in [-0.2, -0.15) is 0 Å². The molecular weight excluding hydrogens is 354 g/mol. The number of rotatable bonds is 6. The van der Waals surface area contributed by atoms with Crippen molar-refractivity contribution in [2.75, 3.05) is 17.2 Å². The first kappa shape index (κ1) is 19.7. The summed E-state index contributed by atoms with van der Waals surface area (Å²) in [5, 5.41) is 9.14. The molecule has 0 radical (unpaired) electrons. The second-order valence-electron chi connectivity index (χ2n) is 6.90. The first-order valence-corrected chi connectivity index (χ1v) is 9.86. The summed E-state index contributed by atoms with van der Waals surface area (Å²) in [6.45, 7) is 2.11. The largest absolute Gasteiger partial charge is 0.462 e. The Morgan fingerprint density at radius 3 is 2.36 bits per heavy atom. The van der Waals surface area contributed by atoms with Gasteiger partial charge in [-0.25, -0.2) is 9.59 Å². The highest BCUT2D eigenvalue weighted by atomic mass is 16.5. The number of nitrogens with one attached hydrogen (secondary N) is 3. The van der Waals surface area contributed by atoms with Gasteiger partial charge >= 0.3 is 12.0 Å². The Hall–Kier alpha value is -3.02. The third-order valence-corrected chi connectivity index (χ3v) is 4.78. The van der Waals surface area contributed by atoms with Crippen LogP contribution in [-0.2, 0) is 4.74 Å². The van der Waals surface area contributed by atoms with Gasteiger partial charge in [0.2, 0.25) is 0 Å². The molecule has 2 amide bonds. The van der Waals surface area contributed by atoms with Crippen LogP contribution in [0.25, 0.3) is 0 Å². The fourth-order valence-electron chi connectivity index (χ4n) is 3.37. The Balaban J connectivity index is 1.59. The van der Waals surface area contributed by atoms with E-state index in [1.165, 1.54) is 19.3 Å². The maximum absolute atomic E-state index is 12.1. The van der Waals surface area contributed by atoms with E-state index in [0.29, 0.717) is 17.9 Å². The summed E-state index contributed by atoms with van der Waals surface area (Å²) in [6.07, 6.45) is 5.72. The molecule has 0 heterocycles. The van der Waals surface area contributed by atoms with Gasteiger partial charge in [-0.05, 0) is 56.2 Å². The summed E-state index contributed by atoms with van der Waals surface area (Å²) in [5.41, 5.74) is 2.70. The maximum atomic E-state index is 12.1. The number of carbonyl (C=O) groups is 2. The molecule has 1 fully saturated rings. The summed E-state index contributed by atoms with van der Waals surface area (Å²) in [6, 6.07) is 14.7. The van der Waals surface area contributed by atoms with Crippen LogP contribution in [0.5, 0.6) is 0 Å². The van der Waals surface area contributed by atoms with Crippen molar-refractivity contribution in [3.05, 3.63) is 54.1 Å². The predicted molar refractivity (Wildman–Crippen MR) is 111 cm³/mol. The maximum Gasteiger partial charge on any atom is 0.340 e. The van der Waals surface area contributed by atoms with Crippen molar-refractivity contribution >= 4 is 29.1 Å². The number of amides is 2. The Kier molecular flexibility index (Phi) is 6.89. The number of anilines is 3. The number of esters is 1. The molecule has 3 rings (SSSR count). The van der Waals surface area contributed by atoms with Crippen LogP contribution in [0.1, 0.15) is 49.4 Å². The minimum Gasteiger partial charge on any atom is -0.462 e. The predicted octanol–water partition coefficient (Wildman–Crippen LogP) is 5.06. The average Bonchev–Trinajstić information content (AvgIpc) is 2.71. The van der Waals surface area contributed by atoms with Crippen molar-refractivity contribution in [3.63, 3.8) is 0 Å². The Labute approximate surface area is 165 Å². The highest BCUT2D eigenvalue weighted by Gasteiger charge is 2.15. The molecule has 148 valence electrons. The molecule has 2 aromatic carbocycles. The van der Waals surface area contributed by atoms with Crippen molar-refractivity contribution in [3.8, 4) is 0 Å². The second-order valence-corrected chi connectivity index (χ2v) is 6.90. The van der Waals surface area contributed by atoms with Crippen LogP contribution in [0.4, 0.5) is 21.9 Å². The summed E-state index contributed by atoms with van der Waals surface area (Å²) in [7, 11) is 0. The molecule has 0 saturated heterocycles. The molecule has 2 aromatic rings. The first-order valence-electron chi connectivity index (χ1n) is 9.86. The number of benzene rings is 2. The molecule has 3 N–H and O–H groups in total. The number of hydrogen-bond donors (Lipinski definition) is 3. The normalized spacial score (nSPS) is 14.2. The number of carbonyl (C=O) groups excluding carboxylic acids is 2. The van der Waals surface area contributed by atoms with E-state index in [-0.39, 0.29) is 18.0 Å². The third kappa shape index (κ3) is 5.49. The molecule has 0 unspecified atom stereocenters. The van der Waals surface area contributed by atoms with Crippen LogP contribution in [0.3, 0.4) is 0 Å². The van der Waals surface area contributed by atoms with Crippen LogP contribution < -0.4 is 16.0 Å². The quantitative estimate of drug-likeness (QED) is 0.611. The van der Waals surface area contributed by atoms with Crippen LogP contribution in [-0.4, -0.2) is 24.6 Å². The molecule has 1 aliphatic carbocycles. The smallest absolute Gasteiger partial charge is 0.340 e. The lowest BCUT2D eigenvalue weighted by Crippen LogP contribution is -2.38. The van der Waals surface area contributed by atoms with Crippen molar-refractivity contribution in [1.82, 2.24) is 5.32 Å². The third-order valence-electron chi connectivity index (χ3n) is 4.78. The van der Waals surface area contributed by atoms with Gasteiger partial charge in [-0.15, -0.1) is 0 Å². The van der Waals surface area contributed by atoms with Gasteiger partial charge < -0.3 is 20.7 Å². The van der Waals surface area contributed by atoms with E-state index in [0.717, 1.165) is 24.2 Å². The molecule has 6 nitrogen and oxygen atoms in total. The van der Waals surface area contributed by atoms with Crippen LogP contribution >= 0.6 is 0 Å². The van der Waals surface area contributed by atoms with E-state index in [1.54, 1.807) is 19.1 Å². The molecular formula is C22H27N3O3. The fraction of sp³-hybridized carbons (Fsp3) is 0.364. The standard InChI is InChI=1S/C22H27N3O3/c1-2-28-21(26)19-10-6-7-11-20(19)23-17-12-14-18(15-13-17)25-22(27)24-16-8-4-3-5-9-16/h6-7,10-16,23H,2-5,8-9H2,1H3,(H2,24,25,27). The van der Waals surface area contributed by atoms with Gasteiger partial charge in [-0.3, -0.25) is 0 Å². The summed E-state index contributed by atoms with van der Waals surface area (Å²) in [5.74, 6) is -0.358. The highest BCUT2D eigenvalue weighted by Crippen LogP contribution is 2.23. The molecule has 0 aliphatic heterocycles. The number of ether oxygens (including phenoxy) is 1. The van der Waals surface area contributed by atoms with Gasteiger partial charge in [0.1, 0.15) is 0 Å². The Morgan fingerprint density at radius 1 is 0.964 bits per heavy atom. The molecule has 1 aliphatic rings. The van der Waals surface area contributed by atoms with Crippen molar-refractivity contribution in [2.24, 2.45) is 0 Å². The molecule has 28 heavy (non-hydrogen) atoms. The zero-order chi connectivity index (χ0) is 19.8. The van der Waals surface area contributed by atoms with Gasteiger partial charge in [0.25, 0.3) is 0 Å². The molecule has 0 bridgehead atoms. The summed E-state index contributed by atoms with van der Waals surface area (Å²) in [4.78, 5) is 24.2. The number of para-hydroxylation sites is 1. The van der Waals surface area contributed by atoms with E-state index in [1.807, 2.05) is 36.4 Å². The van der Waals surface area contributed by atoms with Gasteiger partial charge in [0.05, 0.1) is 17.9 Å². The van der Waals surface area contributed by atoms with E-state index >= 15 is 0 Å². The number of hydrogen-bond acceptors (Lipinski definition) is 4. The molecule has 0 atom stereocenters. The van der Waals surface area contributed by atoms with Crippen molar-refractivity contribution in [1.29, 1.82) is 0 Å². The van der Waals surface area contributed by atoms with Gasteiger partial charge in [-0.1, -0.05) is 31.4 Å². The lowest BCUT2D eigenvalue weighted by Gasteiger charge is -2.22. The zero-order valence-electron chi connectivity index (χ0n) is 16.2. The Morgan fingerprint density at radius 2 is 1.64 bits per heavy atom. The van der Waals surface area contributed by atoms with Crippen molar-refractivity contribution in [2.45, 2.75) is 45.1 Å². The molecule has 0 spiro atoms. The average molecular weight is 381 g/mol. The van der Waals surface area contributed by atoms with E-state index in [4.69, 9.17) is 4.74 Å². The summed E-state index contributed by atoms with van der Waals surface area (Å²) >= 11 is 0. The van der Waals surface area contributed by atoms with Crippen LogP contribution in [0.2, 0.25) is 0 Å². The van der Waals surface area contributed by atoms with E-state index in [2.05, 4.69) is 16.0 Å². The van der Waals surface area contributed by atoms with Crippen molar-refractivity contribution < 1.29 is 14.3 Å². The lowest BCUT2D eigenvalue weighted by atomic mass is 9.96. The Bertz CT molecular complexity index is 799. The SMILES string of the molecule is CCOC(=O)c1ccccc1Nc1ccc(NC(=O)NC2CCCCC2)cc1. The fourth-order valence-corrected chi connectivity index (χ4v) is 3.37. The molecule has 6 heteroatoms. The van der Waals surface area contributed by atoms with Crippen LogP contribution in [0, 0.1) is 0 Å². The van der Waals surface area contributed by atoms with Gasteiger partial charge in [0.15, 0.2) is 0 Å². The van der Waals surface area contributed by atoms with Crippen LogP contribution in [0.15, 0.2) is 48.5 Å². The minimum absolute atomic E-state index is 0.166. The molecule has 1 saturated carbocycles. The minimum atomic E-state index is -0.358. The van der Waals surface area contributed by atoms with E-state index in [9.17, 15) is 9.59 Å². The van der Waals surface area contributed by atoms with Gasteiger partial charge in [0, 0.05) is 17.4 Å². The van der Waals surface area contributed by atoms with E-state index < -0.39 is 0 Å². The first-order chi connectivity index (χ1) is 13.7. The monoisotopic (exact) mass is 381 g/mol. The summed E-state index contributed by atoms with van der Waals surface area (Å²) < 4.78 is 5.10.